The van der Waals surface area contributed by atoms with Crippen LogP contribution in [0.2, 0.25) is 0 Å². The third-order valence-electron chi connectivity index (χ3n) is 2.88. The third-order valence-corrected chi connectivity index (χ3v) is 2.88. The van der Waals surface area contributed by atoms with Crippen molar-refractivity contribution >= 4 is 0 Å². The van der Waals surface area contributed by atoms with Gasteiger partial charge < -0.3 is 0 Å². The SMILES string of the molecule is CCC1(CC)C[C]=CC=CC1. The molecular weight excluding hydrogens is 132 g/mol. The summed E-state index contributed by atoms with van der Waals surface area (Å²) in [4.78, 5) is 0. The van der Waals surface area contributed by atoms with Crippen LogP contribution >= 0.6 is 0 Å². The largest absolute Gasteiger partial charge is 0.0840 e. The second kappa shape index (κ2) is 3.75. The van der Waals surface area contributed by atoms with E-state index in [4.69, 9.17) is 0 Å². The Kier molecular flexibility index (Phi) is 2.92. The number of hydrogen-bond acceptors (Lipinski definition) is 0. The quantitative estimate of drug-likeness (QED) is 0.563. The van der Waals surface area contributed by atoms with Gasteiger partial charge in [0, 0.05) is 0 Å². The summed E-state index contributed by atoms with van der Waals surface area (Å²) >= 11 is 0. The van der Waals surface area contributed by atoms with Crippen molar-refractivity contribution < 1.29 is 0 Å². The Labute approximate surface area is 70.0 Å². The molecule has 0 saturated carbocycles. The van der Waals surface area contributed by atoms with Crippen molar-refractivity contribution in [1.82, 2.24) is 0 Å². The first kappa shape index (κ1) is 8.58. The van der Waals surface area contributed by atoms with Crippen LogP contribution in [0, 0.1) is 11.5 Å². The average Bonchev–Trinajstić information content (AvgIpc) is 2.30. The summed E-state index contributed by atoms with van der Waals surface area (Å²) in [6, 6.07) is 0. The van der Waals surface area contributed by atoms with Crippen molar-refractivity contribution in [3.63, 3.8) is 0 Å². The molecule has 1 radical (unpaired) electrons. The maximum Gasteiger partial charge on any atom is -0.0216 e. The Morgan fingerprint density at radius 2 is 2.09 bits per heavy atom. The Morgan fingerprint density at radius 1 is 1.36 bits per heavy atom. The van der Waals surface area contributed by atoms with Crippen LogP contribution in [0.3, 0.4) is 0 Å². The summed E-state index contributed by atoms with van der Waals surface area (Å²) < 4.78 is 0. The van der Waals surface area contributed by atoms with Gasteiger partial charge in [0.05, 0.1) is 0 Å². The highest BCUT2D eigenvalue weighted by atomic mass is 14.3. The summed E-state index contributed by atoms with van der Waals surface area (Å²) in [6.45, 7) is 4.56. The van der Waals surface area contributed by atoms with Gasteiger partial charge in [-0.1, -0.05) is 32.1 Å². The van der Waals surface area contributed by atoms with E-state index in [-0.39, 0.29) is 0 Å². The fourth-order valence-corrected chi connectivity index (χ4v) is 1.59. The molecule has 0 nitrogen and oxygen atoms in total. The molecule has 11 heavy (non-hydrogen) atoms. The predicted octanol–water partition coefficient (Wildman–Crippen LogP) is 3.50. The zero-order valence-electron chi connectivity index (χ0n) is 7.56. The topological polar surface area (TPSA) is 0 Å². The van der Waals surface area contributed by atoms with Gasteiger partial charge in [0.25, 0.3) is 0 Å². The summed E-state index contributed by atoms with van der Waals surface area (Å²) in [5.74, 6) is 0. The van der Waals surface area contributed by atoms with E-state index in [1.54, 1.807) is 0 Å². The van der Waals surface area contributed by atoms with Gasteiger partial charge in [-0.3, -0.25) is 0 Å². The summed E-state index contributed by atoms with van der Waals surface area (Å²) in [6.07, 6.45) is 14.7. The van der Waals surface area contributed by atoms with Crippen LogP contribution in [0.4, 0.5) is 0 Å². The van der Waals surface area contributed by atoms with Crippen LogP contribution in [0.1, 0.15) is 39.5 Å². The highest BCUT2D eigenvalue weighted by Crippen LogP contribution is 2.36. The molecule has 1 aliphatic rings. The van der Waals surface area contributed by atoms with Gasteiger partial charge in [-0.15, -0.1) is 0 Å². The van der Waals surface area contributed by atoms with Gasteiger partial charge in [0.2, 0.25) is 0 Å². The van der Waals surface area contributed by atoms with Gasteiger partial charge in [0.15, 0.2) is 0 Å². The van der Waals surface area contributed by atoms with E-state index in [0.29, 0.717) is 5.41 Å². The van der Waals surface area contributed by atoms with Crippen molar-refractivity contribution in [2.75, 3.05) is 0 Å². The fraction of sp³-hybridized carbons (Fsp3) is 0.636. The van der Waals surface area contributed by atoms with Crippen LogP contribution in [-0.2, 0) is 0 Å². The molecule has 0 aromatic heterocycles. The molecule has 61 valence electrons. The molecule has 0 aliphatic heterocycles. The van der Waals surface area contributed by atoms with Crippen LogP contribution in [0.5, 0.6) is 0 Å². The van der Waals surface area contributed by atoms with Crippen molar-refractivity contribution in [2.45, 2.75) is 39.5 Å². The van der Waals surface area contributed by atoms with Gasteiger partial charge in [-0.05, 0) is 37.2 Å². The third kappa shape index (κ3) is 1.95. The zero-order chi connectivity index (χ0) is 8.16. The number of rotatable bonds is 2. The van der Waals surface area contributed by atoms with E-state index in [9.17, 15) is 0 Å². The Hall–Kier alpha value is -0.520. The van der Waals surface area contributed by atoms with Crippen LogP contribution in [0.25, 0.3) is 0 Å². The van der Waals surface area contributed by atoms with Crippen LogP contribution < -0.4 is 0 Å². The van der Waals surface area contributed by atoms with E-state index >= 15 is 0 Å². The summed E-state index contributed by atoms with van der Waals surface area (Å²) in [7, 11) is 0. The second-order valence-corrected chi connectivity index (χ2v) is 3.39. The van der Waals surface area contributed by atoms with Gasteiger partial charge in [0.1, 0.15) is 0 Å². The molecular formula is C11H17. The first-order valence-electron chi connectivity index (χ1n) is 4.55. The highest BCUT2D eigenvalue weighted by Gasteiger charge is 2.23. The number of hydrogen-bond donors (Lipinski definition) is 0. The van der Waals surface area contributed by atoms with Gasteiger partial charge in [-0.25, -0.2) is 0 Å². The molecule has 0 amide bonds. The van der Waals surface area contributed by atoms with E-state index in [2.05, 4.69) is 32.1 Å². The van der Waals surface area contributed by atoms with Gasteiger partial charge in [-0.2, -0.15) is 0 Å². The molecule has 0 heteroatoms. The standard InChI is InChI=1S/C11H17/c1-3-11(4-2)9-7-5-6-8-10-11/h5-7H,3-4,9-10H2,1-2H3. The minimum atomic E-state index is 0.517. The second-order valence-electron chi connectivity index (χ2n) is 3.39. The lowest BCUT2D eigenvalue weighted by Crippen LogP contribution is -2.16. The lowest BCUT2D eigenvalue weighted by molar-refractivity contribution is 0.267. The molecule has 1 rings (SSSR count). The first-order chi connectivity index (χ1) is 5.33. The monoisotopic (exact) mass is 149 g/mol. The summed E-state index contributed by atoms with van der Waals surface area (Å²) in [5, 5.41) is 0. The highest BCUT2D eigenvalue weighted by molar-refractivity contribution is 5.06. The van der Waals surface area contributed by atoms with Crippen molar-refractivity contribution in [3.05, 3.63) is 24.3 Å². The molecule has 0 unspecified atom stereocenters. The molecule has 0 aromatic carbocycles. The van der Waals surface area contributed by atoms with Crippen LogP contribution in [0.15, 0.2) is 18.2 Å². The van der Waals surface area contributed by atoms with Crippen molar-refractivity contribution in [1.29, 1.82) is 0 Å². The van der Waals surface area contributed by atoms with E-state index in [1.807, 2.05) is 6.08 Å². The Morgan fingerprint density at radius 3 is 2.73 bits per heavy atom. The number of allylic oxidation sites excluding steroid dienone is 4. The zero-order valence-corrected chi connectivity index (χ0v) is 7.56. The molecule has 0 N–H and O–H groups in total. The van der Waals surface area contributed by atoms with Crippen molar-refractivity contribution in [3.8, 4) is 0 Å². The maximum absolute atomic E-state index is 3.33. The Balaban J connectivity index is 2.67. The smallest absolute Gasteiger partial charge is 0.0216 e. The molecule has 1 aliphatic carbocycles. The van der Waals surface area contributed by atoms with E-state index < -0.39 is 0 Å². The lowest BCUT2D eigenvalue weighted by atomic mass is 9.77. The van der Waals surface area contributed by atoms with Crippen molar-refractivity contribution in [2.24, 2.45) is 5.41 Å². The molecule has 0 fully saturated rings. The minimum absolute atomic E-state index is 0.517. The normalized spacial score (nSPS) is 21.6. The molecule has 0 spiro atoms. The molecule has 0 aromatic rings. The van der Waals surface area contributed by atoms with Crippen LogP contribution in [-0.4, -0.2) is 0 Å². The van der Waals surface area contributed by atoms with Gasteiger partial charge >= 0.3 is 0 Å². The lowest BCUT2D eigenvalue weighted by Gasteiger charge is -2.28. The molecule has 0 heterocycles. The maximum atomic E-state index is 3.33. The average molecular weight is 149 g/mol. The fourth-order valence-electron chi connectivity index (χ4n) is 1.59. The predicted molar refractivity (Wildman–Crippen MR) is 49.2 cm³/mol. The Bertz CT molecular complexity index is 143. The molecule has 0 bridgehead atoms. The molecule has 0 atom stereocenters. The minimum Gasteiger partial charge on any atom is -0.0840 e. The molecule has 0 saturated heterocycles. The first-order valence-corrected chi connectivity index (χ1v) is 4.55. The summed E-state index contributed by atoms with van der Waals surface area (Å²) in [5.41, 5.74) is 0.517. The van der Waals surface area contributed by atoms with E-state index in [0.717, 1.165) is 6.42 Å². The van der Waals surface area contributed by atoms with E-state index in [1.165, 1.54) is 19.3 Å².